The van der Waals surface area contributed by atoms with Crippen molar-refractivity contribution in [3.63, 3.8) is 0 Å². The van der Waals surface area contributed by atoms with Crippen LogP contribution in [0.4, 0.5) is 11.4 Å². The number of likely N-dealkylation sites (N-methyl/N-ethyl adjacent to an activating group) is 4. The Kier molecular flexibility index (Phi) is 26.6. The van der Waals surface area contributed by atoms with Gasteiger partial charge in [-0.05, 0) is 111 Å². The van der Waals surface area contributed by atoms with Gasteiger partial charge in [-0.25, -0.2) is 19.2 Å². The molecule has 2 aromatic carbocycles. The first-order valence-electron chi connectivity index (χ1n) is 32.1. The van der Waals surface area contributed by atoms with Crippen LogP contribution in [0.25, 0.3) is 0 Å². The number of nitrogen functional groups attached to an aromatic ring is 2. The molecular formula is C68H102N10O12. The summed E-state index contributed by atoms with van der Waals surface area (Å²) in [6, 6.07) is 9.56. The second-order valence-corrected chi connectivity index (χ2v) is 25.8. The Bertz CT molecular complexity index is 2890. The van der Waals surface area contributed by atoms with E-state index in [1.54, 1.807) is 0 Å². The first kappa shape index (κ1) is 73.0. The molecule has 0 aliphatic carbocycles. The number of cyclic esters (lactones) is 4. The lowest BCUT2D eigenvalue weighted by Gasteiger charge is -2.35. The van der Waals surface area contributed by atoms with E-state index < -0.39 is 96.1 Å². The second-order valence-electron chi connectivity index (χ2n) is 25.8. The van der Waals surface area contributed by atoms with Crippen LogP contribution in [0.15, 0.2) is 48.5 Å². The van der Waals surface area contributed by atoms with E-state index >= 15 is 9.59 Å². The summed E-state index contributed by atoms with van der Waals surface area (Å²) in [4.78, 5) is 123. The van der Waals surface area contributed by atoms with E-state index in [2.05, 4.69) is 0 Å². The van der Waals surface area contributed by atoms with E-state index in [9.17, 15) is 28.8 Å². The second kappa shape index (κ2) is 32.8. The summed E-state index contributed by atoms with van der Waals surface area (Å²) in [6.45, 7) is 26.4. The molecule has 22 nitrogen and oxygen atoms in total. The predicted octanol–water partition coefficient (Wildman–Crippen LogP) is 7.57. The van der Waals surface area contributed by atoms with E-state index in [-0.39, 0.29) is 62.2 Å². The summed E-state index contributed by atoms with van der Waals surface area (Å²) in [5.74, 6) is -7.56. The predicted molar refractivity (Wildman–Crippen MR) is 344 cm³/mol. The number of nitrogens with two attached hydrogens (primary N) is 2. The number of aromatic nitrogens is 4. The monoisotopic (exact) mass is 1250 g/mol. The fraction of sp³-hybridized carbons (Fsp3) is 0.618. The van der Waals surface area contributed by atoms with Crippen LogP contribution >= 0.6 is 0 Å². The zero-order valence-corrected chi connectivity index (χ0v) is 56.7. The normalized spacial score (nSPS) is 22.0. The molecule has 4 amide bonds. The minimum absolute atomic E-state index is 0.0699. The van der Waals surface area contributed by atoms with Gasteiger partial charge in [0.2, 0.25) is 0 Å². The van der Waals surface area contributed by atoms with Gasteiger partial charge in [-0.15, -0.1) is 0 Å². The first-order chi connectivity index (χ1) is 42.3. The van der Waals surface area contributed by atoms with E-state index in [1.165, 1.54) is 42.0 Å². The lowest BCUT2D eigenvalue weighted by molar-refractivity contribution is -0.176. The summed E-state index contributed by atoms with van der Waals surface area (Å²) in [5.41, 5.74) is 20.6. The smallest absolute Gasteiger partial charge is 0.329 e. The number of amides is 4. The van der Waals surface area contributed by atoms with Gasteiger partial charge in [0.25, 0.3) is 23.6 Å². The number of anilines is 2. The minimum atomic E-state index is -1.56. The number of ether oxygens (including phenoxy) is 4. The van der Waals surface area contributed by atoms with E-state index in [4.69, 9.17) is 40.6 Å². The molecule has 4 N–H and O–H groups in total. The Morgan fingerprint density at radius 2 is 0.656 bits per heavy atom. The van der Waals surface area contributed by atoms with Gasteiger partial charge in [-0.2, -0.15) is 10.2 Å². The zero-order chi connectivity index (χ0) is 67.2. The van der Waals surface area contributed by atoms with Crippen LogP contribution in [0, 0.1) is 23.7 Å². The SMILES string of the molecule is CCc1nn(Cc2ccc(C[C@H]3OC(=O)[C@H](CC(C)C)N(C)C(=O)[C@@H](C)OC(=O)[C@H](CC(C)C)N(C)C(=O)[C@@H](Cc4ccc(Cn5nc(CC)c(N)c5CC)cc4)OC(=O)[C@H](CC(C)C)N(C)C(=O)[C@@H](C)OC(=O)[C@H](CC(C)C)N(C)C3=O)cc2)c(CC)c1N. The lowest BCUT2D eigenvalue weighted by atomic mass is 9.99. The molecule has 2 aromatic heterocycles. The standard InChI is InChI=1S/C68H102N10O12/c1-19-49-59(69)51(21-3)77(71-49)37-47-27-23-45(24-28-47)35-57-63(81)75(17)53(31-39(5)6)65(83)87-44(14)62(80)74(16)56(34-42(11)12)68(86)90-58(36-46-25-29-48(30-26-46)38-78-52(22-4)60(70)50(20-2)72-78)64(82)76(18)54(32-40(7)8)66(84)88-43(13)61(79)73(15)55(33-41(9)10)67(85)89-57/h23-30,39-44,53-58H,19-22,31-38,69-70H2,1-18H3/t43-,44-,53+,54+,55+,56+,57-,58-/m1/s1. The van der Waals surface area contributed by atoms with Gasteiger partial charge < -0.3 is 50.0 Å². The molecule has 1 saturated heterocycles. The molecule has 496 valence electrons. The number of hydrogen-bond donors (Lipinski definition) is 2. The third-order valence-electron chi connectivity index (χ3n) is 16.7. The van der Waals surface area contributed by atoms with Crippen molar-refractivity contribution in [3.05, 3.63) is 93.6 Å². The van der Waals surface area contributed by atoms with Crippen molar-refractivity contribution in [2.45, 2.75) is 223 Å². The van der Waals surface area contributed by atoms with Gasteiger partial charge in [0.15, 0.2) is 24.4 Å². The topological polar surface area (TPSA) is 274 Å². The van der Waals surface area contributed by atoms with Crippen LogP contribution in [-0.4, -0.2) is 163 Å². The molecule has 4 aromatic rings. The maximum atomic E-state index is 15.2. The third-order valence-corrected chi connectivity index (χ3v) is 16.7. The number of carbonyl (C=O) groups excluding carboxylic acids is 8. The Labute approximate surface area is 533 Å². The van der Waals surface area contributed by atoms with Crippen molar-refractivity contribution in [3.8, 4) is 0 Å². The van der Waals surface area contributed by atoms with Crippen LogP contribution in [0.3, 0.4) is 0 Å². The summed E-state index contributed by atoms with van der Waals surface area (Å²) in [6.07, 6.45) is -3.44. The molecule has 0 unspecified atom stereocenters. The van der Waals surface area contributed by atoms with Crippen molar-refractivity contribution >= 4 is 58.9 Å². The van der Waals surface area contributed by atoms with Crippen LogP contribution in [0.2, 0.25) is 0 Å². The van der Waals surface area contributed by atoms with Crippen LogP contribution in [-0.2, 0) is 109 Å². The van der Waals surface area contributed by atoms with Crippen LogP contribution in [0.1, 0.15) is 168 Å². The highest BCUT2D eigenvalue weighted by Gasteiger charge is 2.43. The van der Waals surface area contributed by atoms with Gasteiger partial charge in [0.05, 0.1) is 47.2 Å². The number of carbonyl (C=O) groups is 8. The molecule has 0 bridgehead atoms. The van der Waals surface area contributed by atoms with Crippen molar-refractivity contribution in [2.75, 3.05) is 39.7 Å². The maximum absolute atomic E-state index is 15.2. The Hall–Kier alpha value is -7.78. The van der Waals surface area contributed by atoms with Crippen LogP contribution in [0.5, 0.6) is 0 Å². The Balaban J connectivity index is 1.59. The number of nitrogens with zero attached hydrogens (tertiary/aromatic N) is 8. The van der Waals surface area contributed by atoms with Crippen molar-refractivity contribution < 1.29 is 57.3 Å². The number of aryl methyl sites for hydroxylation is 2. The Morgan fingerprint density at radius 1 is 0.400 bits per heavy atom. The number of hydrogen-bond acceptors (Lipinski definition) is 16. The van der Waals surface area contributed by atoms with E-state index in [0.29, 0.717) is 61.3 Å². The quantitative estimate of drug-likeness (QED) is 0.0638. The molecule has 1 aliphatic heterocycles. The average molecular weight is 1250 g/mol. The summed E-state index contributed by atoms with van der Waals surface area (Å²) in [7, 11) is 5.58. The number of benzene rings is 2. The van der Waals surface area contributed by atoms with Gasteiger partial charge in [-0.3, -0.25) is 28.5 Å². The van der Waals surface area contributed by atoms with Crippen molar-refractivity contribution in [1.82, 2.24) is 39.2 Å². The summed E-state index contributed by atoms with van der Waals surface area (Å²) >= 11 is 0. The highest BCUT2D eigenvalue weighted by Crippen LogP contribution is 2.27. The molecule has 0 spiro atoms. The molecule has 0 saturated carbocycles. The van der Waals surface area contributed by atoms with Gasteiger partial charge in [0.1, 0.15) is 24.2 Å². The summed E-state index contributed by atoms with van der Waals surface area (Å²) < 4.78 is 28.2. The first-order valence-corrected chi connectivity index (χ1v) is 32.1. The van der Waals surface area contributed by atoms with Gasteiger partial charge >= 0.3 is 23.9 Å². The highest BCUT2D eigenvalue weighted by molar-refractivity contribution is 5.94. The molecule has 3 heterocycles. The number of esters is 4. The molecule has 1 fully saturated rings. The molecular weight excluding hydrogens is 1150 g/mol. The maximum Gasteiger partial charge on any atom is 0.329 e. The van der Waals surface area contributed by atoms with Crippen LogP contribution < -0.4 is 11.5 Å². The average Bonchev–Trinajstić information content (AvgIpc) is 1.48. The van der Waals surface area contributed by atoms with Crippen molar-refractivity contribution in [1.29, 1.82) is 0 Å². The lowest BCUT2D eigenvalue weighted by Crippen LogP contribution is -2.55. The number of rotatable bonds is 20. The molecule has 8 atom stereocenters. The zero-order valence-electron chi connectivity index (χ0n) is 56.7. The largest absolute Gasteiger partial charge is 0.451 e. The fourth-order valence-corrected chi connectivity index (χ4v) is 11.5. The van der Waals surface area contributed by atoms with E-state index in [0.717, 1.165) is 53.5 Å². The molecule has 0 radical (unpaired) electrons. The van der Waals surface area contributed by atoms with E-state index in [1.807, 2.05) is 141 Å². The van der Waals surface area contributed by atoms with Gasteiger partial charge in [0, 0.05) is 41.0 Å². The van der Waals surface area contributed by atoms with Crippen molar-refractivity contribution in [2.24, 2.45) is 23.7 Å². The highest BCUT2D eigenvalue weighted by atomic mass is 16.6. The molecule has 5 rings (SSSR count). The third kappa shape index (κ3) is 18.7. The fourth-order valence-electron chi connectivity index (χ4n) is 11.5. The molecule has 1 aliphatic rings. The minimum Gasteiger partial charge on any atom is -0.451 e. The van der Waals surface area contributed by atoms with Gasteiger partial charge in [-0.1, -0.05) is 132 Å². The molecule has 22 heteroatoms. The summed E-state index contributed by atoms with van der Waals surface area (Å²) in [5, 5.41) is 9.48. The Morgan fingerprint density at radius 3 is 0.911 bits per heavy atom. The molecule has 90 heavy (non-hydrogen) atoms.